The first kappa shape index (κ1) is 36.7. The number of hydrogen-bond acceptors (Lipinski definition) is 10. The van der Waals surface area contributed by atoms with Crippen molar-refractivity contribution >= 4 is 46.5 Å². The number of thiophene rings is 1. The first-order chi connectivity index (χ1) is 25.3. The maximum Gasteiger partial charge on any atom is 0.348 e. The van der Waals surface area contributed by atoms with E-state index < -0.39 is 17.5 Å². The first-order valence-electron chi connectivity index (χ1n) is 17.8. The lowest BCUT2D eigenvalue weighted by Gasteiger charge is -2.46. The van der Waals surface area contributed by atoms with Crippen LogP contribution < -0.4 is 9.47 Å². The highest BCUT2D eigenvalue weighted by Crippen LogP contribution is 2.40. The smallest absolute Gasteiger partial charge is 0.348 e. The highest BCUT2D eigenvalue weighted by atomic mass is 35.5. The number of halogens is 2. The van der Waals surface area contributed by atoms with Gasteiger partial charge in [0.1, 0.15) is 17.1 Å². The van der Waals surface area contributed by atoms with E-state index in [9.17, 15) is 9.59 Å². The lowest BCUT2D eigenvalue weighted by atomic mass is 9.72. The van der Waals surface area contributed by atoms with E-state index in [0.717, 1.165) is 56.0 Å². The molecule has 6 heterocycles. The lowest BCUT2D eigenvalue weighted by molar-refractivity contribution is -0.168. The van der Waals surface area contributed by atoms with Crippen molar-refractivity contribution in [3.63, 3.8) is 0 Å². The molecule has 0 spiro atoms. The number of carbonyl (C=O) groups is 2. The van der Waals surface area contributed by atoms with Crippen LogP contribution in [0.2, 0.25) is 10.0 Å². The number of aromatic nitrogens is 1. The van der Waals surface area contributed by atoms with Crippen LogP contribution in [0, 0.1) is 5.92 Å². The van der Waals surface area contributed by atoms with E-state index in [1.807, 2.05) is 36.4 Å². The summed E-state index contributed by atoms with van der Waals surface area (Å²) in [7, 11) is 3.12. The van der Waals surface area contributed by atoms with Crippen molar-refractivity contribution in [2.24, 2.45) is 5.92 Å². The quantitative estimate of drug-likeness (QED) is 0.134. The highest BCUT2D eigenvalue weighted by molar-refractivity contribution is 7.13. The third kappa shape index (κ3) is 7.82. The molecule has 52 heavy (non-hydrogen) atoms. The molecule has 8 rings (SSSR count). The van der Waals surface area contributed by atoms with Crippen LogP contribution in [0.15, 0.2) is 73.1 Å². The Labute approximate surface area is 318 Å². The van der Waals surface area contributed by atoms with Crippen LogP contribution in [-0.4, -0.2) is 79.8 Å². The zero-order valence-corrected chi connectivity index (χ0v) is 31.7. The van der Waals surface area contributed by atoms with Crippen LogP contribution in [0.1, 0.15) is 63.0 Å². The molecule has 2 bridgehead atoms. The number of methoxy groups -OCH3 is 2. The van der Waals surface area contributed by atoms with Gasteiger partial charge in [0, 0.05) is 36.8 Å². The summed E-state index contributed by atoms with van der Waals surface area (Å²) in [6, 6.07) is 19.3. The molecule has 4 saturated heterocycles. The van der Waals surface area contributed by atoms with Gasteiger partial charge in [0.25, 0.3) is 0 Å². The number of nitrogens with zero attached hydrogens (tertiary/aromatic N) is 3. The number of esters is 2. The number of likely N-dealkylation sites (tertiary alicyclic amines) is 1. The van der Waals surface area contributed by atoms with E-state index in [2.05, 4.69) is 26.9 Å². The van der Waals surface area contributed by atoms with Crippen molar-refractivity contribution in [2.45, 2.75) is 56.3 Å². The molecule has 2 aromatic carbocycles. The normalized spacial score (nSPS) is 21.7. The van der Waals surface area contributed by atoms with Crippen LogP contribution in [0.25, 0.3) is 0 Å². The van der Waals surface area contributed by atoms with Gasteiger partial charge in [-0.25, -0.2) is 4.79 Å². The van der Waals surface area contributed by atoms with Crippen LogP contribution in [0.5, 0.6) is 11.5 Å². The van der Waals surface area contributed by atoms with E-state index in [-0.39, 0.29) is 18.5 Å². The maximum atomic E-state index is 14.1. The van der Waals surface area contributed by atoms with Crippen LogP contribution in [0.4, 0.5) is 0 Å². The van der Waals surface area contributed by atoms with Crippen molar-refractivity contribution in [3.05, 3.63) is 110 Å². The van der Waals surface area contributed by atoms with E-state index in [0.29, 0.717) is 62.9 Å². The summed E-state index contributed by atoms with van der Waals surface area (Å²) in [6.45, 7) is 5.18. The molecule has 0 N–H and O–H groups in total. The predicted octanol–water partition coefficient (Wildman–Crippen LogP) is 7.78. The summed E-state index contributed by atoms with van der Waals surface area (Å²) in [5.74, 6) is 0.994. The number of hydrogen-bond donors (Lipinski definition) is 0. The summed E-state index contributed by atoms with van der Waals surface area (Å²) in [4.78, 5) is 38.1. The van der Waals surface area contributed by atoms with E-state index in [1.54, 1.807) is 26.4 Å². The number of carbonyl (C=O) groups excluding carboxylic acids is 2. The zero-order valence-electron chi connectivity index (χ0n) is 29.4. The number of ether oxygens (including phenoxy) is 4. The van der Waals surface area contributed by atoms with Gasteiger partial charge < -0.3 is 18.9 Å². The number of piperidine rings is 4. The third-order valence-electron chi connectivity index (χ3n) is 10.9. The summed E-state index contributed by atoms with van der Waals surface area (Å²) < 4.78 is 23.5. The average Bonchev–Trinajstić information content (AvgIpc) is 3.65. The Morgan fingerprint density at radius 3 is 2.29 bits per heavy atom. The SMILES string of the molecule is COc1ccc([C@H](Cc2c(Cl)cncc2Cl)OC(=O)c2ccc(CN3CCC(C(=O)O[C@H]4CN5CCC4CC5)(c4ccccc4)CC3)s2)cc1OC. The molecule has 12 heteroatoms. The molecule has 2 aromatic heterocycles. The fourth-order valence-corrected chi connectivity index (χ4v) is 9.29. The number of pyridine rings is 1. The Morgan fingerprint density at radius 1 is 0.923 bits per heavy atom. The minimum atomic E-state index is -0.718. The first-order valence-corrected chi connectivity index (χ1v) is 19.3. The lowest BCUT2D eigenvalue weighted by Crippen LogP contribution is -2.54. The van der Waals surface area contributed by atoms with Crippen molar-refractivity contribution in [2.75, 3.05) is 46.9 Å². The Kier molecular flexibility index (Phi) is 11.4. The molecule has 0 unspecified atom stereocenters. The van der Waals surface area contributed by atoms with Crippen molar-refractivity contribution < 1.29 is 28.5 Å². The minimum Gasteiger partial charge on any atom is -0.493 e. The monoisotopic (exact) mass is 763 g/mol. The summed E-state index contributed by atoms with van der Waals surface area (Å²) in [5, 5.41) is 0.773. The molecule has 4 aliphatic heterocycles. The molecule has 0 radical (unpaired) electrons. The van der Waals surface area contributed by atoms with Crippen LogP contribution in [0.3, 0.4) is 0 Å². The second-order valence-electron chi connectivity index (χ2n) is 13.9. The van der Waals surface area contributed by atoms with Gasteiger partial charge >= 0.3 is 11.9 Å². The van der Waals surface area contributed by atoms with Gasteiger partial charge in [0.2, 0.25) is 0 Å². The van der Waals surface area contributed by atoms with Gasteiger partial charge in [0.05, 0.1) is 29.7 Å². The molecule has 4 aliphatic rings. The van der Waals surface area contributed by atoms with Gasteiger partial charge in [-0.1, -0.05) is 59.6 Å². The fraction of sp³-hybridized carbons (Fsp3) is 0.425. The molecule has 0 amide bonds. The molecule has 0 aliphatic carbocycles. The van der Waals surface area contributed by atoms with Crippen LogP contribution >= 0.6 is 34.5 Å². The topological polar surface area (TPSA) is 90.4 Å². The molecular formula is C40H43Cl2N3O6S. The van der Waals surface area contributed by atoms with Gasteiger partial charge in [-0.2, -0.15) is 0 Å². The summed E-state index contributed by atoms with van der Waals surface area (Å²) in [6.07, 6.45) is 6.08. The Bertz CT molecular complexity index is 1850. The Morgan fingerprint density at radius 2 is 1.63 bits per heavy atom. The Balaban J connectivity index is 1.03. The molecule has 4 aromatic rings. The fourth-order valence-electron chi connectivity index (χ4n) is 7.83. The maximum absolute atomic E-state index is 14.1. The van der Waals surface area contributed by atoms with E-state index in [4.69, 9.17) is 42.1 Å². The molecule has 9 nitrogen and oxygen atoms in total. The molecule has 2 atom stereocenters. The Hall–Kier alpha value is -3.67. The molecular weight excluding hydrogens is 721 g/mol. The van der Waals surface area contributed by atoms with Crippen molar-refractivity contribution in [1.82, 2.24) is 14.8 Å². The zero-order chi connectivity index (χ0) is 36.2. The highest BCUT2D eigenvalue weighted by Gasteiger charge is 2.47. The van der Waals surface area contributed by atoms with Gasteiger partial charge in [0.15, 0.2) is 11.5 Å². The summed E-state index contributed by atoms with van der Waals surface area (Å²) in [5.41, 5.74) is 1.69. The second-order valence-corrected chi connectivity index (χ2v) is 15.8. The number of benzene rings is 2. The van der Waals surface area contributed by atoms with Gasteiger partial charge in [-0.3, -0.25) is 19.6 Å². The van der Waals surface area contributed by atoms with E-state index in [1.165, 1.54) is 23.7 Å². The predicted molar refractivity (Wildman–Crippen MR) is 202 cm³/mol. The van der Waals surface area contributed by atoms with Gasteiger partial charge in [-0.05, 0) is 98.7 Å². The standard InChI is InChI=1S/C40H43Cl2N3O6S/c1-48-33-10-8-27(20-35(33)49-2)34(21-30-31(41)22-43-23-32(30)42)50-38(46)37-11-9-29(52-37)24-45-18-14-40(15-19-45,28-6-4-3-5-7-28)39(47)51-36-25-44-16-12-26(36)13-17-44/h3-11,20,22-23,26,34,36H,12-19,21,24-25H2,1-2H3/t34-,36-/m0/s1. The second kappa shape index (κ2) is 16.1. The molecule has 274 valence electrons. The van der Waals surface area contributed by atoms with Crippen LogP contribution in [-0.2, 0) is 32.6 Å². The largest absolute Gasteiger partial charge is 0.493 e. The van der Waals surface area contributed by atoms with Crippen molar-refractivity contribution in [3.8, 4) is 11.5 Å². The number of rotatable bonds is 12. The minimum absolute atomic E-state index is 0.0251. The molecule has 0 saturated carbocycles. The van der Waals surface area contributed by atoms with Gasteiger partial charge in [-0.15, -0.1) is 11.3 Å². The third-order valence-corrected chi connectivity index (χ3v) is 12.6. The van der Waals surface area contributed by atoms with E-state index >= 15 is 0 Å². The molecule has 4 fully saturated rings. The average molecular weight is 765 g/mol. The van der Waals surface area contributed by atoms with Crippen molar-refractivity contribution in [1.29, 1.82) is 0 Å². The summed E-state index contributed by atoms with van der Waals surface area (Å²) >= 11 is 14.4. The number of fused-ring (bicyclic) bond motifs is 3.